The lowest BCUT2D eigenvalue weighted by molar-refractivity contribution is 0.0658. The summed E-state index contributed by atoms with van der Waals surface area (Å²) < 4.78 is 0. The topological polar surface area (TPSA) is 49.3 Å². The Balaban J connectivity index is 1.83. The normalized spacial score (nSPS) is 15.8. The Bertz CT molecular complexity index is 683. The second-order valence-electron chi connectivity index (χ2n) is 5.39. The first-order valence-corrected chi connectivity index (χ1v) is 7.57. The number of nitrogens with zero attached hydrogens (tertiary/aromatic N) is 4. The van der Waals surface area contributed by atoms with E-state index in [1.54, 1.807) is 6.07 Å². The number of likely N-dealkylation sites (N-methyl/N-ethyl adjacent to an activating group) is 1. The van der Waals surface area contributed by atoms with Gasteiger partial charge in [-0.1, -0.05) is 23.7 Å². The number of hydrogen-bond donors (Lipinski definition) is 0. The number of piperazine rings is 1. The van der Waals surface area contributed by atoms with Crippen LogP contribution in [0.1, 0.15) is 10.5 Å². The summed E-state index contributed by atoms with van der Waals surface area (Å²) in [5.74, 6) is -0.0428. The van der Waals surface area contributed by atoms with E-state index in [0.717, 1.165) is 31.7 Å². The molecule has 0 bridgehead atoms. The van der Waals surface area contributed by atoms with Gasteiger partial charge in [0.05, 0.1) is 5.69 Å². The van der Waals surface area contributed by atoms with Crippen molar-refractivity contribution < 1.29 is 4.79 Å². The van der Waals surface area contributed by atoms with E-state index in [4.69, 9.17) is 11.6 Å². The molecule has 114 valence electrons. The number of hydrogen-bond acceptors (Lipinski definition) is 4. The summed E-state index contributed by atoms with van der Waals surface area (Å²) in [6.07, 6.45) is 1.43. The average Bonchev–Trinajstić information content (AvgIpc) is 2.55. The zero-order valence-electron chi connectivity index (χ0n) is 12.4. The Morgan fingerprint density at radius 2 is 1.91 bits per heavy atom. The van der Waals surface area contributed by atoms with Crippen molar-refractivity contribution in [3.63, 3.8) is 0 Å². The van der Waals surface area contributed by atoms with Crippen molar-refractivity contribution in [2.75, 3.05) is 33.2 Å². The van der Waals surface area contributed by atoms with E-state index in [0.29, 0.717) is 16.4 Å². The Morgan fingerprint density at radius 1 is 1.14 bits per heavy atom. The molecule has 2 aromatic rings. The molecule has 1 amide bonds. The minimum absolute atomic E-state index is 0.0428. The maximum Gasteiger partial charge on any atom is 0.272 e. The summed E-state index contributed by atoms with van der Waals surface area (Å²) in [7, 11) is 2.06. The Hall–Kier alpha value is -1.98. The highest BCUT2D eigenvalue weighted by Crippen LogP contribution is 2.21. The molecule has 0 saturated carbocycles. The van der Waals surface area contributed by atoms with Gasteiger partial charge in [0.25, 0.3) is 5.91 Å². The molecule has 1 aromatic heterocycles. The van der Waals surface area contributed by atoms with Gasteiger partial charge in [-0.15, -0.1) is 0 Å². The van der Waals surface area contributed by atoms with Gasteiger partial charge in [-0.05, 0) is 25.2 Å². The number of rotatable bonds is 2. The van der Waals surface area contributed by atoms with Gasteiger partial charge in [-0.3, -0.25) is 4.79 Å². The zero-order valence-corrected chi connectivity index (χ0v) is 13.1. The van der Waals surface area contributed by atoms with Crippen molar-refractivity contribution in [1.29, 1.82) is 0 Å². The van der Waals surface area contributed by atoms with Gasteiger partial charge in [0.2, 0.25) is 0 Å². The highest BCUT2D eigenvalue weighted by atomic mass is 35.5. The lowest BCUT2D eigenvalue weighted by Crippen LogP contribution is -2.47. The summed E-state index contributed by atoms with van der Waals surface area (Å²) in [6.45, 7) is 3.23. The van der Waals surface area contributed by atoms with Gasteiger partial charge < -0.3 is 9.80 Å². The van der Waals surface area contributed by atoms with Crippen LogP contribution in [-0.4, -0.2) is 58.9 Å². The molecule has 0 unspecified atom stereocenters. The molecule has 3 rings (SSSR count). The maximum atomic E-state index is 12.5. The Morgan fingerprint density at radius 3 is 2.64 bits per heavy atom. The number of amides is 1. The molecule has 22 heavy (non-hydrogen) atoms. The molecule has 0 spiro atoms. The largest absolute Gasteiger partial charge is 0.335 e. The van der Waals surface area contributed by atoms with Crippen LogP contribution < -0.4 is 0 Å². The van der Waals surface area contributed by atoms with Crippen LogP contribution in [0.3, 0.4) is 0 Å². The fourth-order valence-electron chi connectivity index (χ4n) is 2.45. The monoisotopic (exact) mass is 316 g/mol. The number of carbonyl (C=O) groups excluding carboxylic acids is 1. The van der Waals surface area contributed by atoms with Crippen LogP contribution in [0.2, 0.25) is 5.02 Å². The maximum absolute atomic E-state index is 12.5. The fraction of sp³-hybridized carbons (Fsp3) is 0.312. The number of halogens is 1. The molecule has 1 aliphatic rings. The van der Waals surface area contributed by atoms with Crippen molar-refractivity contribution in [3.8, 4) is 11.3 Å². The highest BCUT2D eigenvalue weighted by Gasteiger charge is 2.21. The SMILES string of the molecule is CN1CCN(C(=O)c2cc(-c3cccc(Cl)c3)ncn2)CC1. The lowest BCUT2D eigenvalue weighted by Gasteiger charge is -2.32. The van der Waals surface area contributed by atoms with Crippen LogP contribution in [0.4, 0.5) is 0 Å². The molecule has 1 fully saturated rings. The van der Waals surface area contributed by atoms with Gasteiger partial charge in [0.15, 0.2) is 0 Å². The Labute approximate surface area is 134 Å². The first-order valence-electron chi connectivity index (χ1n) is 7.19. The summed E-state index contributed by atoms with van der Waals surface area (Å²) in [5.41, 5.74) is 2.01. The van der Waals surface area contributed by atoms with E-state index in [1.807, 2.05) is 29.2 Å². The standard InChI is InChI=1S/C16H17ClN4O/c1-20-5-7-21(8-6-20)16(22)15-10-14(18-11-19-15)12-3-2-4-13(17)9-12/h2-4,9-11H,5-8H2,1H3. The smallest absolute Gasteiger partial charge is 0.272 e. The molecule has 1 aliphatic heterocycles. The molecule has 2 heterocycles. The van der Waals surface area contributed by atoms with E-state index >= 15 is 0 Å². The van der Waals surface area contributed by atoms with Crippen LogP contribution in [0.25, 0.3) is 11.3 Å². The second kappa shape index (κ2) is 6.42. The van der Waals surface area contributed by atoms with Gasteiger partial charge in [-0.2, -0.15) is 0 Å². The molecular weight excluding hydrogens is 300 g/mol. The third kappa shape index (κ3) is 3.26. The van der Waals surface area contributed by atoms with Gasteiger partial charge in [-0.25, -0.2) is 9.97 Å². The van der Waals surface area contributed by atoms with Crippen molar-refractivity contribution in [2.24, 2.45) is 0 Å². The second-order valence-corrected chi connectivity index (χ2v) is 5.83. The summed E-state index contributed by atoms with van der Waals surface area (Å²) in [5, 5.41) is 0.642. The van der Waals surface area contributed by atoms with Gasteiger partial charge >= 0.3 is 0 Å². The average molecular weight is 317 g/mol. The lowest BCUT2D eigenvalue weighted by atomic mass is 10.1. The molecule has 6 heteroatoms. The summed E-state index contributed by atoms with van der Waals surface area (Å²) >= 11 is 6.01. The third-order valence-corrected chi connectivity index (χ3v) is 4.03. The molecule has 0 atom stereocenters. The Kier molecular flexibility index (Phi) is 4.36. The number of carbonyl (C=O) groups is 1. The van der Waals surface area contributed by atoms with Gasteiger partial charge in [0, 0.05) is 36.8 Å². The molecular formula is C16H17ClN4O. The van der Waals surface area contributed by atoms with E-state index in [9.17, 15) is 4.79 Å². The fourth-order valence-corrected chi connectivity index (χ4v) is 2.64. The van der Waals surface area contributed by atoms with Crippen molar-refractivity contribution >= 4 is 17.5 Å². The van der Waals surface area contributed by atoms with Crippen molar-refractivity contribution in [3.05, 3.63) is 47.4 Å². The van der Waals surface area contributed by atoms with Crippen LogP contribution in [0.5, 0.6) is 0 Å². The minimum atomic E-state index is -0.0428. The molecule has 5 nitrogen and oxygen atoms in total. The summed E-state index contributed by atoms with van der Waals surface area (Å²) in [4.78, 5) is 25.0. The molecule has 1 aromatic carbocycles. The van der Waals surface area contributed by atoms with Crippen LogP contribution in [0.15, 0.2) is 36.7 Å². The van der Waals surface area contributed by atoms with Crippen molar-refractivity contribution in [2.45, 2.75) is 0 Å². The molecule has 0 radical (unpaired) electrons. The third-order valence-electron chi connectivity index (χ3n) is 3.80. The number of benzene rings is 1. The quantitative estimate of drug-likeness (QED) is 0.852. The van der Waals surface area contributed by atoms with Crippen LogP contribution in [0, 0.1) is 0 Å². The molecule has 1 saturated heterocycles. The summed E-state index contributed by atoms with van der Waals surface area (Å²) in [6, 6.07) is 9.14. The van der Waals surface area contributed by atoms with E-state index < -0.39 is 0 Å². The van der Waals surface area contributed by atoms with Crippen LogP contribution >= 0.6 is 11.6 Å². The van der Waals surface area contributed by atoms with E-state index in [2.05, 4.69) is 21.9 Å². The van der Waals surface area contributed by atoms with Crippen molar-refractivity contribution in [1.82, 2.24) is 19.8 Å². The molecule has 0 N–H and O–H groups in total. The first kappa shape index (κ1) is 14.9. The van der Waals surface area contributed by atoms with E-state index in [1.165, 1.54) is 6.33 Å². The number of aromatic nitrogens is 2. The van der Waals surface area contributed by atoms with Gasteiger partial charge in [0.1, 0.15) is 12.0 Å². The minimum Gasteiger partial charge on any atom is -0.335 e. The predicted molar refractivity (Wildman–Crippen MR) is 85.9 cm³/mol. The zero-order chi connectivity index (χ0) is 15.5. The predicted octanol–water partition coefficient (Wildman–Crippen LogP) is 2.18. The van der Waals surface area contributed by atoms with Crippen LogP contribution in [-0.2, 0) is 0 Å². The van der Waals surface area contributed by atoms with E-state index in [-0.39, 0.29) is 5.91 Å². The highest BCUT2D eigenvalue weighted by molar-refractivity contribution is 6.30. The molecule has 0 aliphatic carbocycles. The first-order chi connectivity index (χ1) is 10.6.